The van der Waals surface area contributed by atoms with Gasteiger partial charge >= 0.3 is 0 Å². The number of carbonyl (C=O) groups excluding carboxylic acids is 1. The Morgan fingerprint density at radius 3 is 3.00 bits per heavy atom. The van der Waals surface area contributed by atoms with Crippen molar-refractivity contribution in [2.24, 2.45) is 5.10 Å². The number of thioether (sulfide) groups is 1. The maximum Gasteiger partial charge on any atom is 0.263 e. The molecule has 0 aliphatic carbocycles. The molecule has 1 atom stereocenters. The van der Waals surface area contributed by atoms with Crippen LogP contribution in [0.5, 0.6) is 0 Å². The number of hydrogen-bond donors (Lipinski definition) is 1. The van der Waals surface area contributed by atoms with E-state index in [0.717, 1.165) is 23.0 Å². The Hall–Kier alpha value is -1.49. The van der Waals surface area contributed by atoms with E-state index in [1.54, 1.807) is 11.8 Å². The molecule has 2 heterocycles. The van der Waals surface area contributed by atoms with E-state index < -0.39 is 0 Å². The Kier molecular flexibility index (Phi) is 2.32. The maximum atomic E-state index is 11.6. The second-order valence-electron chi connectivity index (χ2n) is 3.76. The number of amidine groups is 1. The number of hydrogen-bond acceptors (Lipinski definition) is 4. The van der Waals surface area contributed by atoms with Crippen LogP contribution in [0.25, 0.3) is 0 Å². The summed E-state index contributed by atoms with van der Waals surface area (Å²) < 4.78 is 0. The van der Waals surface area contributed by atoms with E-state index >= 15 is 0 Å². The molecular formula is C11H11N3OS. The first-order valence-corrected chi connectivity index (χ1v) is 6.29. The summed E-state index contributed by atoms with van der Waals surface area (Å²) in [7, 11) is 0. The Labute approximate surface area is 97.7 Å². The fourth-order valence-corrected chi connectivity index (χ4v) is 3.09. The summed E-state index contributed by atoms with van der Waals surface area (Å²) in [5, 5.41) is 4.15. The lowest BCUT2D eigenvalue weighted by Crippen LogP contribution is -2.51. The third-order valence-electron chi connectivity index (χ3n) is 2.76. The molecule has 1 N–H and O–H groups in total. The van der Waals surface area contributed by atoms with E-state index in [9.17, 15) is 4.79 Å². The van der Waals surface area contributed by atoms with Gasteiger partial charge < -0.3 is 4.90 Å². The molecule has 1 unspecified atom stereocenters. The second-order valence-corrected chi connectivity index (χ2v) is 4.76. The van der Waals surface area contributed by atoms with Crippen LogP contribution in [0.2, 0.25) is 0 Å². The Bertz CT molecular complexity index is 446. The summed E-state index contributed by atoms with van der Waals surface area (Å²) in [6.45, 7) is 0. The van der Waals surface area contributed by atoms with Crippen molar-refractivity contribution < 1.29 is 4.79 Å². The molecule has 82 valence electrons. The van der Waals surface area contributed by atoms with Gasteiger partial charge in [0.2, 0.25) is 0 Å². The third-order valence-corrected chi connectivity index (χ3v) is 3.77. The minimum Gasteiger partial charge on any atom is -0.332 e. The first-order valence-electron chi connectivity index (χ1n) is 5.13. The molecule has 1 fully saturated rings. The molecule has 0 aromatic heterocycles. The van der Waals surface area contributed by atoms with Crippen molar-refractivity contribution in [1.82, 2.24) is 10.3 Å². The van der Waals surface area contributed by atoms with Crippen molar-refractivity contribution in [2.75, 3.05) is 11.6 Å². The van der Waals surface area contributed by atoms with Gasteiger partial charge in [-0.3, -0.25) is 4.79 Å². The molecule has 1 aromatic rings. The Balaban J connectivity index is 1.99. The van der Waals surface area contributed by atoms with Gasteiger partial charge in [-0.15, -0.1) is 11.8 Å². The second kappa shape index (κ2) is 3.83. The van der Waals surface area contributed by atoms with E-state index in [-0.39, 0.29) is 11.9 Å². The summed E-state index contributed by atoms with van der Waals surface area (Å²) in [4.78, 5) is 13.6. The van der Waals surface area contributed by atoms with Gasteiger partial charge in [-0.25, -0.2) is 5.43 Å². The zero-order valence-corrected chi connectivity index (χ0v) is 9.41. The van der Waals surface area contributed by atoms with Crippen LogP contribution in [-0.4, -0.2) is 34.3 Å². The van der Waals surface area contributed by atoms with E-state index in [1.807, 2.05) is 30.3 Å². The van der Waals surface area contributed by atoms with Gasteiger partial charge in [-0.05, 0) is 0 Å². The number of nitrogens with zero attached hydrogens (tertiary/aromatic N) is 2. The van der Waals surface area contributed by atoms with Crippen molar-refractivity contribution >= 4 is 23.5 Å². The van der Waals surface area contributed by atoms with Crippen LogP contribution < -0.4 is 5.43 Å². The monoisotopic (exact) mass is 233 g/mol. The molecule has 16 heavy (non-hydrogen) atoms. The third kappa shape index (κ3) is 1.48. The summed E-state index contributed by atoms with van der Waals surface area (Å²) in [5.74, 6) is 2.56. The smallest absolute Gasteiger partial charge is 0.263 e. The van der Waals surface area contributed by atoms with Crippen LogP contribution in [0.1, 0.15) is 5.56 Å². The number of nitrogens with one attached hydrogen (secondary N) is 1. The van der Waals surface area contributed by atoms with Crippen molar-refractivity contribution in [3.05, 3.63) is 35.9 Å². The van der Waals surface area contributed by atoms with Gasteiger partial charge in [-0.2, -0.15) is 5.10 Å². The predicted octanol–water partition coefficient (Wildman–Crippen LogP) is 0.853. The summed E-state index contributed by atoms with van der Waals surface area (Å²) in [6.07, 6.45) is 0. The van der Waals surface area contributed by atoms with Crippen LogP contribution >= 0.6 is 11.8 Å². The van der Waals surface area contributed by atoms with Gasteiger partial charge in [0, 0.05) is 11.3 Å². The van der Waals surface area contributed by atoms with E-state index in [1.165, 1.54) is 0 Å². The van der Waals surface area contributed by atoms with E-state index in [0.29, 0.717) is 0 Å². The molecule has 2 aliphatic rings. The molecule has 1 saturated heterocycles. The topological polar surface area (TPSA) is 44.7 Å². The molecule has 0 spiro atoms. The highest BCUT2D eigenvalue weighted by molar-refractivity contribution is 7.99. The molecule has 3 rings (SSSR count). The highest BCUT2D eigenvalue weighted by Crippen LogP contribution is 2.25. The van der Waals surface area contributed by atoms with Crippen LogP contribution in [0.3, 0.4) is 0 Å². The van der Waals surface area contributed by atoms with E-state index in [2.05, 4.69) is 15.4 Å². The summed E-state index contributed by atoms with van der Waals surface area (Å²) in [5.41, 5.74) is 3.65. The van der Waals surface area contributed by atoms with Crippen molar-refractivity contribution in [3.63, 3.8) is 0 Å². The van der Waals surface area contributed by atoms with Crippen LogP contribution in [0, 0.1) is 0 Å². The van der Waals surface area contributed by atoms with Gasteiger partial charge in [0.1, 0.15) is 6.04 Å². The largest absolute Gasteiger partial charge is 0.332 e. The van der Waals surface area contributed by atoms with Crippen molar-refractivity contribution in [1.29, 1.82) is 0 Å². The number of fused-ring (bicyclic) bond motifs is 1. The fourth-order valence-electron chi connectivity index (χ4n) is 1.93. The van der Waals surface area contributed by atoms with Crippen molar-refractivity contribution in [3.8, 4) is 0 Å². The summed E-state index contributed by atoms with van der Waals surface area (Å²) in [6, 6.07) is 9.89. The van der Waals surface area contributed by atoms with Gasteiger partial charge in [0.15, 0.2) is 5.84 Å². The Morgan fingerprint density at radius 1 is 1.38 bits per heavy atom. The lowest BCUT2D eigenvalue weighted by Gasteiger charge is -2.29. The standard InChI is InChI=1S/C11H11N3OS/c15-11-9-6-16-7-14(9)10(12-13-11)8-4-2-1-3-5-8/h1-5,9H,6-7H2,(H,13,15). The van der Waals surface area contributed by atoms with Gasteiger partial charge in [0.25, 0.3) is 5.91 Å². The normalized spacial score (nSPS) is 23.8. The number of rotatable bonds is 1. The molecule has 5 heteroatoms. The van der Waals surface area contributed by atoms with Gasteiger partial charge in [0.05, 0.1) is 5.88 Å². The number of carbonyl (C=O) groups is 1. The molecule has 1 amide bonds. The first kappa shape index (κ1) is 9.72. The number of amides is 1. The molecule has 0 saturated carbocycles. The number of benzene rings is 1. The van der Waals surface area contributed by atoms with Crippen LogP contribution in [0.4, 0.5) is 0 Å². The number of hydrazone groups is 1. The van der Waals surface area contributed by atoms with Crippen molar-refractivity contribution in [2.45, 2.75) is 6.04 Å². The summed E-state index contributed by atoms with van der Waals surface area (Å²) >= 11 is 1.77. The SMILES string of the molecule is O=C1NN=C(c2ccccc2)N2CSCC12. The maximum absolute atomic E-state index is 11.6. The highest BCUT2D eigenvalue weighted by atomic mass is 32.2. The molecule has 0 bridgehead atoms. The molecule has 4 nitrogen and oxygen atoms in total. The highest BCUT2D eigenvalue weighted by Gasteiger charge is 2.36. The molecular weight excluding hydrogens is 222 g/mol. The first-order chi connectivity index (χ1) is 7.86. The predicted molar refractivity (Wildman–Crippen MR) is 64.1 cm³/mol. The van der Waals surface area contributed by atoms with Crippen LogP contribution in [-0.2, 0) is 4.79 Å². The average molecular weight is 233 g/mol. The molecule has 1 aromatic carbocycles. The van der Waals surface area contributed by atoms with Crippen LogP contribution in [0.15, 0.2) is 35.4 Å². The Morgan fingerprint density at radius 2 is 2.19 bits per heavy atom. The molecule has 2 aliphatic heterocycles. The minimum atomic E-state index is -0.0577. The zero-order chi connectivity index (χ0) is 11.0. The quantitative estimate of drug-likeness (QED) is 0.782. The average Bonchev–Trinajstić information content (AvgIpc) is 2.81. The fraction of sp³-hybridized carbons (Fsp3) is 0.273. The minimum absolute atomic E-state index is 0.00433. The van der Waals surface area contributed by atoms with Gasteiger partial charge in [-0.1, -0.05) is 30.3 Å². The zero-order valence-electron chi connectivity index (χ0n) is 8.59. The lowest BCUT2D eigenvalue weighted by atomic mass is 10.1. The lowest BCUT2D eigenvalue weighted by molar-refractivity contribution is -0.124. The molecule has 0 radical (unpaired) electrons. The van der Waals surface area contributed by atoms with E-state index in [4.69, 9.17) is 0 Å².